The van der Waals surface area contributed by atoms with Crippen molar-refractivity contribution in [1.82, 2.24) is 9.55 Å². The maximum Gasteiger partial charge on any atom is 0.203 e. The molecule has 4 aromatic rings. The maximum atomic E-state index is 6.09. The molecule has 1 aromatic heterocycles. The molecule has 0 atom stereocenters. The molecule has 0 spiro atoms. The smallest absolute Gasteiger partial charge is 0.203 e. The highest BCUT2D eigenvalue weighted by atomic mass is 16.5. The minimum absolute atomic E-state index is 0.563. The summed E-state index contributed by atoms with van der Waals surface area (Å²) < 4.78 is 24.9. The summed E-state index contributed by atoms with van der Waals surface area (Å²) in [6.45, 7) is 5.52. The molecule has 172 valence electrons. The Morgan fingerprint density at radius 3 is 2.24 bits per heavy atom. The molecule has 0 unspecified atom stereocenters. The molecular formula is C27H30N2O4. The third kappa shape index (κ3) is 4.60. The standard InChI is InChI=1S/C27H30N2O4/c1-18-11-12-19(2)23(15-18)33-14-8-13-29-22-10-7-6-9-21(22)28-27(29)20-16-24(30-3)26(32-5)25(17-20)31-4/h6-7,9-12,15-17H,8,13-14H2,1-5H3. The third-order valence-corrected chi connectivity index (χ3v) is 5.70. The first-order chi connectivity index (χ1) is 16.0. The number of fused-ring (bicyclic) bond motifs is 1. The monoisotopic (exact) mass is 446 g/mol. The van der Waals surface area contributed by atoms with Crippen LogP contribution in [0.3, 0.4) is 0 Å². The van der Waals surface area contributed by atoms with Crippen molar-refractivity contribution in [3.05, 3.63) is 65.7 Å². The van der Waals surface area contributed by atoms with Gasteiger partial charge in [0.15, 0.2) is 11.5 Å². The largest absolute Gasteiger partial charge is 0.493 e. The molecule has 0 aliphatic rings. The number of aromatic nitrogens is 2. The van der Waals surface area contributed by atoms with Gasteiger partial charge in [-0.2, -0.15) is 0 Å². The predicted molar refractivity (Wildman–Crippen MR) is 131 cm³/mol. The molecular weight excluding hydrogens is 416 g/mol. The first kappa shape index (κ1) is 22.5. The van der Waals surface area contributed by atoms with Gasteiger partial charge in [-0.1, -0.05) is 24.3 Å². The van der Waals surface area contributed by atoms with Crippen LogP contribution in [-0.2, 0) is 6.54 Å². The van der Waals surface area contributed by atoms with E-state index in [4.69, 9.17) is 23.9 Å². The molecule has 6 nitrogen and oxygen atoms in total. The zero-order valence-electron chi connectivity index (χ0n) is 19.8. The highest BCUT2D eigenvalue weighted by Gasteiger charge is 2.18. The van der Waals surface area contributed by atoms with Crippen molar-refractivity contribution < 1.29 is 18.9 Å². The quantitative estimate of drug-likeness (QED) is 0.304. The average Bonchev–Trinajstić information content (AvgIpc) is 3.21. The summed E-state index contributed by atoms with van der Waals surface area (Å²) in [6, 6.07) is 18.3. The number of para-hydroxylation sites is 2. The third-order valence-electron chi connectivity index (χ3n) is 5.70. The van der Waals surface area contributed by atoms with Crippen LogP contribution in [0.2, 0.25) is 0 Å². The lowest BCUT2D eigenvalue weighted by atomic mass is 10.1. The van der Waals surface area contributed by atoms with E-state index in [1.807, 2.05) is 30.3 Å². The lowest BCUT2D eigenvalue weighted by molar-refractivity contribution is 0.301. The summed E-state index contributed by atoms with van der Waals surface area (Å²) in [5, 5.41) is 0. The van der Waals surface area contributed by atoms with Crippen molar-refractivity contribution in [1.29, 1.82) is 0 Å². The minimum Gasteiger partial charge on any atom is -0.493 e. The Morgan fingerprint density at radius 1 is 0.818 bits per heavy atom. The van der Waals surface area contributed by atoms with Gasteiger partial charge in [-0.05, 0) is 61.7 Å². The Bertz CT molecular complexity index is 1240. The second kappa shape index (κ2) is 9.86. The van der Waals surface area contributed by atoms with E-state index in [-0.39, 0.29) is 0 Å². The molecule has 0 aliphatic carbocycles. The highest BCUT2D eigenvalue weighted by Crippen LogP contribution is 2.41. The number of methoxy groups -OCH3 is 3. The number of hydrogen-bond acceptors (Lipinski definition) is 5. The minimum atomic E-state index is 0.563. The Morgan fingerprint density at radius 2 is 1.55 bits per heavy atom. The van der Waals surface area contributed by atoms with E-state index >= 15 is 0 Å². The van der Waals surface area contributed by atoms with Crippen molar-refractivity contribution in [3.63, 3.8) is 0 Å². The summed E-state index contributed by atoms with van der Waals surface area (Å²) in [7, 11) is 4.84. The van der Waals surface area contributed by atoms with Gasteiger partial charge in [0.2, 0.25) is 5.75 Å². The lowest BCUT2D eigenvalue weighted by Crippen LogP contribution is -2.07. The van der Waals surface area contributed by atoms with Crippen LogP contribution in [-0.4, -0.2) is 37.5 Å². The van der Waals surface area contributed by atoms with E-state index in [1.54, 1.807) is 21.3 Å². The van der Waals surface area contributed by atoms with E-state index in [0.29, 0.717) is 23.9 Å². The van der Waals surface area contributed by atoms with Gasteiger partial charge in [-0.15, -0.1) is 0 Å². The Kier molecular flexibility index (Phi) is 6.73. The van der Waals surface area contributed by atoms with Crippen LogP contribution in [0.25, 0.3) is 22.4 Å². The van der Waals surface area contributed by atoms with E-state index in [0.717, 1.165) is 46.7 Å². The van der Waals surface area contributed by atoms with Crippen LogP contribution < -0.4 is 18.9 Å². The average molecular weight is 447 g/mol. The summed E-state index contributed by atoms with van der Waals surface area (Å²) in [5.74, 6) is 3.55. The number of hydrogen-bond donors (Lipinski definition) is 0. The predicted octanol–water partition coefficient (Wildman–Crippen LogP) is 5.82. The van der Waals surface area contributed by atoms with Crippen LogP contribution in [0.5, 0.6) is 23.0 Å². The van der Waals surface area contributed by atoms with E-state index in [1.165, 1.54) is 5.56 Å². The number of nitrogens with zero attached hydrogens (tertiary/aromatic N) is 2. The Balaban J connectivity index is 1.65. The second-order valence-electron chi connectivity index (χ2n) is 7.96. The van der Waals surface area contributed by atoms with Crippen molar-refractivity contribution >= 4 is 11.0 Å². The summed E-state index contributed by atoms with van der Waals surface area (Å²) in [4.78, 5) is 4.92. The van der Waals surface area contributed by atoms with Gasteiger partial charge in [0.1, 0.15) is 11.6 Å². The van der Waals surface area contributed by atoms with Crippen molar-refractivity contribution in [2.75, 3.05) is 27.9 Å². The van der Waals surface area contributed by atoms with Gasteiger partial charge in [-0.25, -0.2) is 4.98 Å². The van der Waals surface area contributed by atoms with Crippen LogP contribution in [0.4, 0.5) is 0 Å². The fraction of sp³-hybridized carbons (Fsp3) is 0.296. The van der Waals surface area contributed by atoms with Crippen LogP contribution in [0.1, 0.15) is 17.5 Å². The fourth-order valence-electron chi connectivity index (χ4n) is 4.00. The van der Waals surface area contributed by atoms with Crippen LogP contribution in [0.15, 0.2) is 54.6 Å². The SMILES string of the molecule is COc1cc(-c2nc3ccccc3n2CCCOc2cc(C)ccc2C)cc(OC)c1OC. The molecule has 1 heterocycles. The van der Waals surface area contributed by atoms with E-state index < -0.39 is 0 Å². The number of benzene rings is 3. The molecule has 33 heavy (non-hydrogen) atoms. The van der Waals surface area contributed by atoms with E-state index in [9.17, 15) is 0 Å². The van der Waals surface area contributed by atoms with Gasteiger partial charge in [0.25, 0.3) is 0 Å². The first-order valence-corrected chi connectivity index (χ1v) is 11.0. The fourth-order valence-corrected chi connectivity index (χ4v) is 4.00. The number of aryl methyl sites for hydroxylation is 3. The normalized spacial score (nSPS) is 10.9. The zero-order valence-corrected chi connectivity index (χ0v) is 19.8. The number of imidazole rings is 1. The highest BCUT2D eigenvalue weighted by molar-refractivity contribution is 5.81. The summed E-state index contributed by atoms with van der Waals surface area (Å²) >= 11 is 0. The molecule has 0 fully saturated rings. The molecule has 4 rings (SSSR count). The zero-order chi connectivity index (χ0) is 23.4. The van der Waals surface area contributed by atoms with Crippen molar-refractivity contribution in [2.45, 2.75) is 26.8 Å². The molecule has 0 saturated carbocycles. The number of ether oxygens (including phenoxy) is 4. The molecule has 3 aromatic carbocycles. The Hall–Kier alpha value is -3.67. The molecule has 6 heteroatoms. The lowest BCUT2D eigenvalue weighted by Gasteiger charge is -2.15. The summed E-state index contributed by atoms with van der Waals surface area (Å²) in [6.07, 6.45) is 0.838. The molecule has 0 saturated heterocycles. The van der Waals surface area contributed by atoms with Gasteiger partial charge in [0, 0.05) is 12.1 Å². The topological polar surface area (TPSA) is 54.7 Å². The first-order valence-electron chi connectivity index (χ1n) is 11.0. The van der Waals surface area contributed by atoms with Crippen LogP contribution in [0, 0.1) is 13.8 Å². The molecule has 0 N–H and O–H groups in total. The summed E-state index contributed by atoms with van der Waals surface area (Å²) in [5.41, 5.74) is 5.26. The Labute approximate surface area is 194 Å². The second-order valence-corrected chi connectivity index (χ2v) is 7.96. The molecule has 0 bridgehead atoms. The van der Waals surface area contributed by atoms with Gasteiger partial charge < -0.3 is 23.5 Å². The van der Waals surface area contributed by atoms with Gasteiger partial charge in [0.05, 0.1) is 39.0 Å². The number of rotatable bonds is 9. The van der Waals surface area contributed by atoms with Crippen LogP contribution >= 0.6 is 0 Å². The van der Waals surface area contributed by atoms with Gasteiger partial charge in [-0.3, -0.25) is 0 Å². The molecule has 0 radical (unpaired) electrons. The molecule has 0 amide bonds. The van der Waals surface area contributed by atoms with Crippen molar-refractivity contribution in [3.8, 4) is 34.4 Å². The van der Waals surface area contributed by atoms with E-state index in [2.05, 4.69) is 42.7 Å². The maximum absolute atomic E-state index is 6.09. The van der Waals surface area contributed by atoms with Crippen molar-refractivity contribution in [2.24, 2.45) is 0 Å². The molecule has 0 aliphatic heterocycles. The van der Waals surface area contributed by atoms with Gasteiger partial charge >= 0.3 is 0 Å².